The molecule has 2 heteroatoms. The minimum absolute atomic E-state index is 0.239. The van der Waals surface area contributed by atoms with Crippen molar-refractivity contribution in [3.8, 4) is 0 Å². The minimum atomic E-state index is -0.723. The number of unbranched alkanes of at least 4 members (excludes halogenated alkanes) is 3. The van der Waals surface area contributed by atoms with Crippen molar-refractivity contribution in [3.05, 3.63) is 24.3 Å². The summed E-state index contributed by atoms with van der Waals surface area (Å²) >= 11 is 0. The first-order valence-electron chi connectivity index (χ1n) is 5.79. The Morgan fingerprint density at radius 2 is 1.53 bits per heavy atom. The van der Waals surface area contributed by atoms with Crippen molar-refractivity contribution in [3.63, 3.8) is 0 Å². The second-order valence-corrected chi connectivity index (χ2v) is 3.59. The standard InChI is InChI=1S/C13H22O2/c1-2-3-4-5-6-7-8-9-10-11-12-13(14)15/h5-6,9-10H,2-4,7-8,11-12H2,1H3,(H,14,15)/b6-5+,10-9-. The fraction of sp³-hybridized carbons (Fsp3) is 0.615. The van der Waals surface area contributed by atoms with Crippen LogP contribution in [0.1, 0.15) is 51.9 Å². The van der Waals surface area contributed by atoms with Crippen LogP contribution in [0.5, 0.6) is 0 Å². The fourth-order valence-electron chi connectivity index (χ4n) is 1.19. The molecule has 1 N–H and O–H groups in total. The Bertz CT molecular complexity index is 205. The zero-order valence-corrected chi connectivity index (χ0v) is 9.61. The highest BCUT2D eigenvalue weighted by molar-refractivity contribution is 5.66. The van der Waals surface area contributed by atoms with Gasteiger partial charge >= 0.3 is 5.97 Å². The van der Waals surface area contributed by atoms with Gasteiger partial charge in [0.15, 0.2) is 0 Å². The second-order valence-electron chi connectivity index (χ2n) is 3.59. The first-order valence-corrected chi connectivity index (χ1v) is 5.79. The Morgan fingerprint density at radius 3 is 2.07 bits per heavy atom. The number of carbonyl (C=O) groups is 1. The summed E-state index contributed by atoms with van der Waals surface area (Å²) in [5.41, 5.74) is 0. The lowest BCUT2D eigenvalue weighted by molar-refractivity contribution is -0.136. The summed E-state index contributed by atoms with van der Waals surface area (Å²) in [6.45, 7) is 2.19. The SMILES string of the molecule is CCCC/C=C/CC/C=C\CCC(=O)O. The summed E-state index contributed by atoms with van der Waals surface area (Å²) in [5, 5.41) is 8.39. The van der Waals surface area contributed by atoms with Crippen molar-refractivity contribution < 1.29 is 9.90 Å². The van der Waals surface area contributed by atoms with Gasteiger partial charge in [-0.25, -0.2) is 0 Å². The van der Waals surface area contributed by atoms with Crippen molar-refractivity contribution in [1.82, 2.24) is 0 Å². The van der Waals surface area contributed by atoms with Gasteiger partial charge in [-0.15, -0.1) is 0 Å². The molecule has 86 valence electrons. The molecular formula is C13H22O2. The molecule has 0 aromatic heterocycles. The number of allylic oxidation sites excluding steroid dienone is 4. The number of carboxylic acid groups (broad SMARTS) is 1. The minimum Gasteiger partial charge on any atom is -0.481 e. The molecule has 0 spiro atoms. The predicted molar refractivity (Wildman–Crippen MR) is 63.9 cm³/mol. The smallest absolute Gasteiger partial charge is 0.303 e. The van der Waals surface area contributed by atoms with Crippen LogP contribution in [0.3, 0.4) is 0 Å². The molecule has 0 aliphatic heterocycles. The van der Waals surface area contributed by atoms with E-state index in [0.717, 1.165) is 12.8 Å². The monoisotopic (exact) mass is 210 g/mol. The van der Waals surface area contributed by atoms with Gasteiger partial charge in [0.05, 0.1) is 0 Å². The van der Waals surface area contributed by atoms with E-state index >= 15 is 0 Å². The molecule has 0 aromatic rings. The summed E-state index contributed by atoms with van der Waals surface area (Å²) < 4.78 is 0. The summed E-state index contributed by atoms with van der Waals surface area (Å²) in [7, 11) is 0. The molecular weight excluding hydrogens is 188 g/mol. The molecule has 15 heavy (non-hydrogen) atoms. The lowest BCUT2D eigenvalue weighted by Crippen LogP contribution is -1.91. The first-order chi connectivity index (χ1) is 7.27. The van der Waals surface area contributed by atoms with Gasteiger partial charge in [-0.1, -0.05) is 44.1 Å². The van der Waals surface area contributed by atoms with E-state index in [2.05, 4.69) is 25.2 Å². The molecule has 0 unspecified atom stereocenters. The van der Waals surface area contributed by atoms with Crippen molar-refractivity contribution in [1.29, 1.82) is 0 Å². The highest BCUT2D eigenvalue weighted by Gasteiger charge is 1.90. The maximum absolute atomic E-state index is 10.2. The topological polar surface area (TPSA) is 37.3 Å². The molecule has 0 aromatic carbocycles. The summed E-state index contributed by atoms with van der Waals surface area (Å²) in [5.74, 6) is -0.723. The average Bonchev–Trinajstić information content (AvgIpc) is 2.20. The Hall–Kier alpha value is -1.05. The Balaban J connectivity index is 3.22. The van der Waals surface area contributed by atoms with Crippen molar-refractivity contribution in [2.75, 3.05) is 0 Å². The first kappa shape index (κ1) is 13.9. The third-order valence-electron chi connectivity index (χ3n) is 2.08. The maximum Gasteiger partial charge on any atom is 0.303 e. The van der Waals surface area contributed by atoms with Crippen LogP contribution in [-0.2, 0) is 4.79 Å². The molecule has 0 amide bonds. The van der Waals surface area contributed by atoms with Gasteiger partial charge in [0.1, 0.15) is 0 Å². The molecule has 0 atom stereocenters. The summed E-state index contributed by atoms with van der Waals surface area (Å²) in [6.07, 6.45) is 15.1. The Labute approximate surface area is 92.7 Å². The van der Waals surface area contributed by atoms with Crippen LogP contribution in [0.15, 0.2) is 24.3 Å². The van der Waals surface area contributed by atoms with E-state index in [0.29, 0.717) is 6.42 Å². The maximum atomic E-state index is 10.2. The van der Waals surface area contributed by atoms with E-state index in [9.17, 15) is 4.79 Å². The quantitative estimate of drug-likeness (QED) is 0.462. The van der Waals surface area contributed by atoms with Crippen molar-refractivity contribution in [2.24, 2.45) is 0 Å². The lowest BCUT2D eigenvalue weighted by Gasteiger charge is -1.90. The lowest BCUT2D eigenvalue weighted by atomic mass is 10.2. The zero-order valence-electron chi connectivity index (χ0n) is 9.61. The molecule has 0 saturated carbocycles. The summed E-state index contributed by atoms with van der Waals surface area (Å²) in [4.78, 5) is 10.2. The van der Waals surface area contributed by atoms with Gasteiger partial charge in [0.2, 0.25) is 0 Å². The Kier molecular flexibility index (Phi) is 10.3. The van der Waals surface area contributed by atoms with E-state index in [-0.39, 0.29) is 6.42 Å². The van der Waals surface area contributed by atoms with E-state index in [4.69, 9.17) is 5.11 Å². The van der Waals surface area contributed by atoms with E-state index in [1.54, 1.807) is 0 Å². The van der Waals surface area contributed by atoms with Gasteiger partial charge in [-0.2, -0.15) is 0 Å². The van der Waals surface area contributed by atoms with Crippen molar-refractivity contribution in [2.45, 2.75) is 51.9 Å². The highest BCUT2D eigenvalue weighted by Crippen LogP contribution is 2.00. The number of aliphatic carboxylic acids is 1. The second kappa shape index (κ2) is 11.0. The van der Waals surface area contributed by atoms with Crippen LogP contribution >= 0.6 is 0 Å². The molecule has 0 rings (SSSR count). The largest absolute Gasteiger partial charge is 0.481 e. The van der Waals surface area contributed by atoms with Crippen LogP contribution in [0.4, 0.5) is 0 Å². The number of hydrogen-bond acceptors (Lipinski definition) is 1. The van der Waals surface area contributed by atoms with Crippen LogP contribution in [0.2, 0.25) is 0 Å². The summed E-state index contributed by atoms with van der Waals surface area (Å²) in [6, 6.07) is 0. The van der Waals surface area contributed by atoms with Crippen LogP contribution in [-0.4, -0.2) is 11.1 Å². The molecule has 0 saturated heterocycles. The highest BCUT2D eigenvalue weighted by atomic mass is 16.4. The van der Waals surface area contributed by atoms with Gasteiger partial charge in [-0.05, 0) is 25.7 Å². The van der Waals surface area contributed by atoms with Crippen LogP contribution in [0, 0.1) is 0 Å². The normalized spacial score (nSPS) is 11.5. The van der Waals surface area contributed by atoms with Gasteiger partial charge in [0.25, 0.3) is 0 Å². The van der Waals surface area contributed by atoms with E-state index < -0.39 is 5.97 Å². The molecule has 0 fully saturated rings. The van der Waals surface area contributed by atoms with Crippen LogP contribution < -0.4 is 0 Å². The molecule has 0 bridgehead atoms. The van der Waals surface area contributed by atoms with Gasteiger partial charge < -0.3 is 5.11 Å². The molecule has 0 radical (unpaired) electrons. The average molecular weight is 210 g/mol. The van der Waals surface area contributed by atoms with E-state index in [1.165, 1.54) is 19.3 Å². The predicted octanol–water partition coefficient (Wildman–Crippen LogP) is 3.93. The molecule has 0 aliphatic carbocycles. The van der Waals surface area contributed by atoms with Crippen molar-refractivity contribution >= 4 is 5.97 Å². The zero-order chi connectivity index (χ0) is 11.4. The molecule has 2 nitrogen and oxygen atoms in total. The van der Waals surface area contributed by atoms with E-state index in [1.807, 2.05) is 6.08 Å². The fourth-order valence-corrected chi connectivity index (χ4v) is 1.19. The number of carboxylic acids is 1. The third kappa shape index (κ3) is 12.9. The van der Waals surface area contributed by atoms with Crippen LogP contribution in [0.25, 0.3) is 0 Å². The molecule has 0 aliphatic rings. The number of hydrogen-bond donors (Lipinski definition) is 1. The molecule has 0 heterocycles. The number of rotatable bonds is 9. The Morgan fingerprint density at radius 1 is 1.00 bits per heavy atom. The van der Waals surface area contributed by atoms with Gasteiger partial charge in [0, 0.05) is 6.42 Å². The van der Waals surface area contributed by atoms with Gasteiger partial charge in [-0.3, -0.25) is 4.79 Å². The third-order valence-corrected chi connectivity index (χ3v) is 2.08.